The largest absolute Gasteiger partial charge is 0.393 e. The normalized spacial score (nSPS) is 19.5. The van der Waals surface area contributed by atoms with Gasteiger partial charge in [0.1, 0.15) is 22.6 Å². The van der Waals surface area contributed by atoms with Crippen LogP contribution in [0, 0.1) is 13.8 Å². The molecule has 3 aromatic heterocycles. The van der Waals surface area contributed by atoms with Gasteiger partial charge in [-0.2, -0.15) is 13.2 Å². The molecule has 3 N–H and O–H groups in total. The number of amides is 1. The number of primary amides is 1. The van der Waals surface area contributed by atoms with E-state index in [0.29, 0.717) is 41.4 Å². The molecule has 2 aliphatic rings. The molecule has 254 valence electrons. The highest BCUT2D eigenvalue weighted by Gasteiger charge is 2.30. The second-order valence-corrected chi connectivity index (χ2v) is 14.2. The fourth-order valence-electron chi connectivity index (χ4n) is 6.93. The molecule has 1 unspecified atom stereocenters. The molecule has 6 rings (SSSR count). The third-order valence-electron chi connectivity index (χ3n) is 9.66. The number of benzene rings is 1. The van der Waals surface area contributed by atoms with Gasteiger partial charge in [0.15, 0.2) is 0 Å². The lowest BCUT2D eigenvalue weighted by Gasteiger charge is -2.36. The van der Waals surface area contributed by atoms with E-state index >= 15 is 0 Å². The zero-order chi connectivity index (χ0) is 33.5. The minimum atomic E-state index is -4.26. The summed E-state index contributed by atoms with van der Waals surface area (Å²) in [6, 6.07) is 8.77. The summed E-state index contributed by atoms with van der Waals surface area (Å²) >= 11 is 1.10. The van der Waals surface area contributed by atoms with Gasteiger partial charge in [0.05, 0.1) is 18.4 Å². The number of fused-ring (bicyclic) bond motifs is 2. The van der Waals surface area contributed by atoms with Gasteiger partial charge < -0.3 is 20.4 Å². The van der Waals surface area contributed by atoms with Crippen LogP contribution in [0.5, 0.6) is 0 Å². The van der Waals surface area contributed by atoms with Crippen molar-refractivity contribution < 1.29 is 22.7 Å². The van der Waals surface area contributed by atoms with Gasteiger partial charge in [-0.15, -0.1) is 11.3 Å². The number of rotatable bonds is 10. The van der Waals surface area contributed by atoms with Crippen molar-refractivity contribution in [2.24, 2.45) is 5.73 Å². The average Bonchev–Trinajstić information content (AvgIpc) is 3.58. The summed E-state index contributed by atoms with van der Waals surface area (Å²) in [6.07, 6.45) is -3.31. The number of nitrogens with two attached hydrogens (primary N) is 1. The number of likely N-dealkylation sites (tertiary alicyclic amines) is 1. The molecule has 0 radical (unpaired) electrons. The van der Waals surface area contributed by atoms with Crippen molar-refractivity contribution in [1.29, 1.82) is 0 Å². The number of anilines is 1. The van der Waals surface area contributed by atoms with Crippen molar-refractivity contribution >= 4 is 44.2 Å². The Balaban J connectivity index is 1.09. The Hall–Kier alpha value is -3.26. The minimum Gasteiger partial charge on any atom is -0.367 e. The Morgan fingerprint density at radius 2 is 1.91 bits per heavy atom. The molecule has 2 atom stereocenters. The SMILES string of the molecule is CCc1nc(NC2CCN(Cc3ccc4c(cc(C)n4C[C@H](C)N4CCOC(C(N)=O)C4)c3C)CC2)c2cc(CC(F)(F)F)sc2n1. The van der Waals surface area contributed by atoms with Gasteiger partial charge in [0.2, 0.25) is 5.91 Å². The van der Waals surface area contributed by atoms with Crippen LogP contribution in [0.3, 0.4) is 0 Å². The third-order valence-corrected chi connectivity index (χ3v) is 10.7. The molecule has 2 aliphatic heterocycles. The van der Waals surface area contributed by atoms with Crippen LogP contribution in [0.1, 0.15) is 54.2 Å². The van der Waals surface area contributed by atoms with Gasteiger partial charge >= 0.3 is 6.18 Å². The first-order valence-electron chi connectivity index (χ1n) is 16.5. The number of halogens is 3. The molecule has 5 heterocycles. The second-order valence-electron chi connectivity index (χ2n) is 13.0. The Bertz CT molecular complexity index is 1750. The quantitative estimate of drug-likeness (QED) is 0.227. The number of nitrogens with one attached hydrogen (secondary N) is 1. The van der Waals surface area contributed by atoms with Crippen molar-refractivity contribution in [3.05, 3.63) is 51.8 Å². The lowest BCUT2D eigenvalue weighted by molar-refractivity contribution is -0.136. The van der Waals surface area contributed by atoms with Crippen LogP contribution in [0.25, 0.3) is 21.1 Å². The van der Waals surface area contributed by atoms with Gasteiger partial charge in [-0.05, 0) is 62.9 Å². The predicted molar refractivity (Wildman–Crippen MR) is 180 cm³/mol. The van der Waals surface area contributed by atoms with E-state index in [1.165, 1.54) is 27.7 Å². The highest BCUT2D eigenvalue weighted by Crippen LogP contribution is 2.34. The maximum atomic E-state index is 13.1. The van der Waals surface area contributed by atoms with Crippen LogP contribution in [0.2, 0.25) is 0 Å². The number of nitrogens with zero attached hydrogens (tertiary/aromatic N) is 5. The average molecular weight is 672 g/mol. The van der Waals surface area contributed by atoms with Gasteiger partial charge in [-0.25, -0.2) is 9.97 Å². The number of alkyl halides is 3. The molecule has 0 aliphatic carbocycles. The minimum absolute atomic E-state index is 0.187. The number of morpholine rings is 1. The van der Waals surface area contributed by atoms with Crippen LogP contribution >= 0.6 is 11.3 Å². The summed E-state index contributed by atoms with van der Waals surface area (Å²) in [5.74, 6) is 0.873. The highest BCUT2D eigenvalue weighted by atomic mass is 32.1. The summed E-state index contributed by atoms with van der Waals surface area (Å²) in [5.41, 5.74) is 10.5. The molecule has 1 aromatic carbocycles. The topological polar surface area (TPSA) is 102 Å². The molecule has 1 amide bonds. The molecule has 0 saturated carbocycles. The Labute approximate surface area is 277 Å². The van der Waals surface area contributed by atoms with Gasteiger partial charge in [0, 0.05) is 79.2 Å². The zero-order valence-electron chi connectivity index (χ0n) is 27.5. The molecule has 47 heavy (non-hydrogen) atoms. The van der Waals surface area contributed by atoms with Crippen LogP contribution in [0.4, 0.5) is 19.0 Å². The van der Waals surface area contributed by atoms with E-state index in [9.17, 15) is 18.0 Å². The molecule has 2 fully saturated rings. The summed E-state index contributed by atoms with van der Waals surface area (Å²) in [6.45, 7) is 13.8. The van der Waals surface area contributed by atoms with E-state index in [1.807, 2.05) is 6.92 Å². The number of aryl methyl sites for hydroxylation is 3. The number of hydrogen-bond acceptors (Lipinski definition) is 8. The number of ether oxygens (including phenoxy) is 1. The maximum absolute atomic E-state index is 13.1. The number of carbonyl (C=O) groups is 1. The summed E-state index contributed by atoms with van der Waals surface area (Å²) in [7, 11) is 0. The van der Waals surface area contributed by atoms with E-state index in [-0.39, 0.29) is 17.0 Å². The molecule has 2 saturated heterocycles. The number of thiophene rings is 1. The van der Waals surface area contributed by atoms with Crippen molar-refractivity contribution in [3.8, 4) is 0 Å². The van der Waals surface area contributed by atoms with Crippen LogP contribution in [-0.2, 0) is 35.5 Å². The predicted octanol–water partition coefficient (Wildman–Crippen LogP) is 5.58. The van der Waals surface area contributed by atoms with Gasteiger partial charge in [-0.1, -0.05) is 13.0 Å². The molecule has 4 aromatic rings. The Morgan fingerprint density at radius 3 is 2.62 bits per heavy atom. The summed E-state index contributed by atoms with van der Waals surface area (Å²) in [4.78, 5) is 26.5. The molecular weight excluding hydrogens is 627 g/mol. The fraction of sp³-hybridized carbons (Fsp3) is 0.559. The Morgan fingerprint density at radius 1 is 1.15 bits per heavy atom. The lowest BCUT2D eigenvalue weighted by atomic mass is 10.0. The summed E-state index contributed by atoms with van der Waals surface area (Å²) in [5, 5.41) is 5.50. The zero-order valence-corrected chi connectivity index (χ0v) is 28.3. The molecular formula is C34H44F3N7O2S. The van der Waals surface area contributed by atoms with Crippen LogP contribution in [-0.4, -0.2) is 87.4 Å². The standard InChI is InChI=1S/C34H44F3N7O2S/c1-5-30-40-32(27-15-25(16-34(35,36)37)47-33(27)41-30)39-24-8-10-42(11-9-24)18-23-6-7-28-26(22(23)4)14-20(2)44(28)17-21(3)43-12-13-46-29(19-43)31(38)45/h6-7,14-15,21,24,29H,5,8-13,16-19H2,1-4H3,(H2,38,45)(H,39,40,41)/t21-,29?/m0/s1. The number of hydrogen-bond donors (Lipinski definition) is 2. The monoisotopic (exact) mass is 671 g/mol. The molecule has 13 heteroatoms. The van der Waals surface area contributed by atoms with Gasteiger partial charge in [-0.3, -0.25) is 14.6 Å². The first kappa shape index (κ1) is 33.6. The summed E-state index contributed by atoms with van der Waals surface area (Å²) < 4.78 is 47.1. The fourth-order valence-corrected chi connectivity index (χ4v) is 8.00. The smallest absolute Gasteiger partial charge is 0.367 e. The van der Waals surface area contributed by atoms with Gasteiger partial charge in [0.25, 0.3) is 0 Å². The van der Waals surface area contributed by atoms with Crippen LogP contribution < -0.4 is 11.1 Å². The number of aromatic nitrogens is 3. The third kappa shape index (κ3) is 7.58. The lowest BCUT2D eigenvalue weighted by Crippen LogP contribution is -2.52. The van der Waals surface area contributed by atoms with Crippen molar-refractivity contribution in [1.82, 2.24) is 24.3 Å². The van der Waals surface area contributed by atoms with E-state index < -0.39 is 24.6 Å². The van der Waals surface area contributed by atoms with E-state index in [2.05, 4.69) is 68.6 Å². The molecule has 0 bridgehead atoms. The second kappa shape index (κ2) is 13.7. The number of carbonyl (C=O) groups excluding carboxylic acids is 1. The number of piperidine rings is 1. The first-order chi connectivity index (χ1) is 22.4. The van der Waals surface area contributed by atoms with E-state index in [0.717, 1.165) is 56.9 Å². The van der Waals surface area contributed by atoms with Crippen molar-refractivity contribution in [2.75, 3.05) is 38.1 Å². The van der Waals surface area contributed by atoms with E-state index in [4.69, 9.17) is 10.5 Å². The highest BCUT2D eigenvalue weighted by molar-refractivity contribution is 7.18. The van der Waals surface area contributed by atoms with Crippen LogP contribution in [0.15, 0.2) is 24.3 Å². The molecule has 9 nitrogen and oxygen atoms in total. The maximum Gasteiger partial charge on any atom is 0.393 e. The first-order valence-corrected chi connectivity index (χ1v) is 17.3. The van der Waals surface area contributed by atoms with E-state index in [1.54, 1.807) is 6.07 Å². The molecule has 0 spiro atoms. The van der Waals surface area contributed by atoms with Crippen molar-refractivity contribution in [2.45, 2.75) is 90.8 Å². The Kier molecular flexibility index (Phi) is 9.80. The van der Waals surface area contributed by atoms with Crippen molar-refractivity contribution in [3.63, 3.8) is 0 Å².